The van der Waals surface area contributed by atoms with Crippen LogP contribution in [0.4, 0.5) is 0 Å². The summed E-state index contributed by atoms with van der Waals surface area (Å²) in [5.74, 6) is 0.818. The van der Waals surface area contributed by atoms with E-state index in [2.05, 4.69) is 25.9 Å². The van der Waals surface area contributed by atoms with E-state index in [-0.39, 0.29) is 15.9 Å². The number of aromatic amines is 1. The number of benzene rings is 1. The second-order valence-electron chi connectivity index (χ2n) is 3.56. The molecule has 2 rings (SSSR count). The SMILES string of the molecule is CCc1cc(Oc2nc[nH]c(=O)c2Br)ccc1Cl. The summed E-state index contributed by atoms with van der Waals surface area (Å²) >= 11 is 9.15. The number of ether oxygens (including phenoxy) is 1. The molecule has 0 radical (unpaired) electrons. The predicted octanol–water partition coefficient (Wildman–Crippen LogP) is 3.54. The summed E-state index contributed by atoms with van der Waals surface area (Å²) in [6, 6.07) is 5.32. The van der Waals surface area contributed by atoms with Crippen LogP contribution in [0.15, 0.2) is 33.8 Å². The second kappa shape index (κ2) is 5.54. The largest absolute Gasteiger partial charge is 0.438 e. The molecule has 0 saturated carbocycles. The third-order valence-corrected chi connectivity index (χ3v) is 3.45. The van der Waals surface area contributed by atoms with Gasteiger partial charge in [-0.05, 0) is 46.1 Å². The molecule has 0 aliphatic carbocycles. The van der Waals surface area contributed by atoms with Crippen LogP contribution in [0.3, 0.4) is 0 Å². The molecular weight excluding hydrogens is 320 g/mol. The van der Waals surface area contributed by atoms with Crippen LogP contribution in [0.5, 0.6) is 11.6 Å². The monoisotopic (exact) mass is 328 g/mol. The van der Waals surface area contributed by atoms with Crippen molar-refractivity contribution in [2.75, 3.05) is 0 Å². The average molecular weight is 330 g/mol. The third kappa shape index (κ3) is 2.73. The van der Waals surface area contributed by atoms with Crippen LogP contribution < -0.4 is 10.3 Å². The normalized spacial score (nSPS) is 10.4. The number of aryl methyl sites for hydroxylation is 1. The Labute approximate surface area is 117 Å². The lowest BCUT2D eigenvalue weighted by Gasteiger charge is -2.08. The van der Waals surface area contributed by atoms with Crippen molar-refractivity contribution in [2.45, 2.75) is 13.3 Å². The summed E-state index contributed by atoms with van der Waals surface area (Å²) in [7, 11) is 0. The first-order chi connectivity index (χ1) is 8.61. The summed E-state index contributed by atoms with van der Waals surface area (Å²) < 4.78 is 5.81. The maximum absolute atomic E-state index is 11.4. The van der Waals surface area contributed by atoms with Crippen LogP contribution in [-0.2, 0) is 6.42 Å². The highest BCUT2D eigenvalue weighted by molar-refractivity contribution is 9.10. The van der Waals surface area contributed by atoms with Crippen molar-refractivity contribution in [1.29, 1.82) is 0 Å². The van der Waals surface area contributed by atoms with Gasteiger partial charge < -0.3 is 9.72 Å². The zero-order valence-corrected chi connectivity index (χ0v) is 11.9. The fourth-order valence-electron chi connectivity index (χ4n) is 1.44. The highest BCUT2D eigenvalue weighted by Crippen LogP contribution is 2.27. The second-order valence-corrected chi connectivity index (χ2v) is 4.76. The van der Waals surface area contributed by atoms with Gasteiger partial charge in [0.2, 0.25) is 5.88 Å². The van der Waals surface area contributed by atoms with Gasteiger partial charge in [0.1, 0.15) is 10.2 Å². The Morgan fingerprint density at radius 3 is 3.00 bits per heavy atom. The lowest BCUT2D eigenvalue weighted by molar-refractivity contribution is 0.456. The molecule has 0 amide bonds. The lowest BCUT2D eigenvalue weighted by atomic mass is 10.1. The van der Waals surface area contributed by atoms with E-state index in [4.69, 9.17) is 16.3 Å². The number of halogens is 2. The Hall–Kier alpha value is -1.33. The molecular formula is C12H10BrClN2O2. The summed E-state index contributed by atoms with van der Waals surface area (Å²) in [4.78, 5) is 17.8. The first-order valence-electron chi connectivity index (χ1n) is 5.31. The molecule has 2 aromatic rings. The summed E-state index contributed by atoms with van der Waals surface area (Å²) in [6.07, 6.45) is 2.10. The quantitative estimate of drug-likeness (QED) is 0.937. The van der Waals surface area contributed by atoms with Crippen molar-refractivity contribution in [3.8, 4) is 11.6 Å². The maximum Gasteiger partial charge on any atom is 0.268 e. The molecule has 6 heteroatoms. The Bertz CT molecular complexity index is 628. The number of nitrogens with zero attached hydrogens (tertiary/aromatic N) is 1. The number of aromatic nitrogens is 2. The van der Waals surface area contributed by atoms with Gasteiger partial charge in [-0.3, -0.25) is 4.79 Å². The van der Waals surface area contributed by atoms with E-state index in [0.717, 1.165) is 12.0 Å². The Morgan fingerprint density at radius 1 is 1.50 bits per heavy atom. The van der Waals surface area contributed by atoms with Crippen LogP contribution in [-0.4, -0.2) is 9.97 Å². The highest BCUT2D eigenvalue weighted by Gasteiger charge is 2.09. The van der Waals surface area contributed by atoms with Gasteiger partial charge in [0.25, 0.3) is 5.56 Å². The first-order valence-corrected chi connectivity index (χ1v) is 6.48. The number of rotatable bonds is 3. The molecule has 94 valence electrons. The van der Waals surface area contributed by atoms with Gasteiger partial charge in [-0.1, -0.05) is 18.5 Å². The number of nitrogens with one attached hydrogen (secondary N) is 1. The maximum atomic E-state index is 11.4. The molecule has 0 spiro atoms. The fraction of sp³-hybridized carbons (Fsp3) is 0.167. The summed E-state index contributed by atoms with van der Waals surface area (Å²) in [5.41, 5.74) is 0.694. The molecule has 0 aliphatic rings. The van der Waals surface area contributed by atoms with Gasteiger partial charge in [-0.2, -0.15) is 0 Å². The van der Waals surface area contributed by atoms with Gasteiger partial charge in [0.15, 0.2) is 0 Å². The van der Waals surface area contributed by atoms with E-state index in [9.17, 15) is 4.79 Å². The Kier molecular flexibility index (Phi) is 4.04. The van der Waals surface area contributed by atoms with Crippen LogP contribution in [0.2, 0.25) is 5.02 Å². The summed E-state index contributed by atoms with van der Waals surface area (Å²) in [6.45, 7) is 2.01. The predicted molar refractivity (Wildman–Crippen MR) is 73.5 cm³/mol. The zero-order valence-electron chi connectivity index (χ0n) is 9.54. The molecule has 0 fully saturated rings. The summed E-state index contributed by atoms with van der Waals surface area (Å²) in [5, 5.41) is 0.697. The molecule has 0 unspecified atom stereocenters. The number of H-pyrrole nitrogens is 1. The first kappa shape index (κ1) is 13.1. The van der Waals surface area contributed by atoms with E-state index in [1.807, 2.05) is 13.0 Å². The third-order valence-electron chi connectivity index (χ3n) is 2.38. The molecule has 18 heavy (non-hydrogen) atoms. The van der Waals surface area contributed by atoms with E-state index in [1.54, 1.807) is 12.1 Å². The molecule has 1 aromatic heterocycles. The van der Waals surface area contributed by atoms with Gasteiger partial charge >= 0.3 is 0 Å². The number of hydrogen-bond acceptors (Lipinski definition) is 3. The van der Waals surface area contributed by atoms with Crippen molar-refractivity contribution in [1.82, 2.24) is 9.97 Å². The van der Waals surface area contributed by atoms with Crippen molar-refractivity contribution in [2.24, 2.45) is 0 Å². The van der Waals surface area contributed by atoms with Crippen LogP contribution >= 0.6 is 27.5 Å². The average Bonchev–Trinajstić information content (AvgIpc) is 2.37. The van der Waals surface area contributed by atoms with Crippen molar-refractivity contribution >= 4 is 27.5 Å². The van der Waals surface area contributed by atoms with Gasteiger partial charge in [0, 0.05) is 5.02 Å². The molecule has 0 bridgehead atoms. The molecule has 0 aliphatic heterocycles. The highest BCUT2D eigenvalue weighted by atomic mass is 79.9. The standard InChI is InChI=1S/C12H10BrClN2O2/c1-2-7-5-8(3-4-9(7)14)18-12-10(13)11(17)15-6-16-12/h3-6H,2H2,1H3,(H,15,16,17). The fourth-order valence-corrected chi connectivity index (χ4v) is 1.98. The zero-order chi connectivity index (χ0) is 13.1. The minimum Gasteiger partial charge on any atom is -0.438 e. The van der Waals surface area contributed by atoms with Crippen molar-refractivity contribution in [3.05, 3.63) is 49.9 Å². The molecule has 1 aromatic carbocycles. The minimum atomic E-state index is -0.287. The Morgan fingerprint density at radius 2 is 2.28 bits per heavy atom. The molecule has 0 atom stereocenters. The van der Waals surface area contributed by atoms with Gasteiger partial charge in [0.05, 0.1) is 6.33 Å². The topological polar surface area (TPSA) is 55.0 Å². The van der Waals surface area contributed by atoms with Crippen LogP contribution in [0.1, 0.15) is 12.5 Å². The van der Waals surface area contributed by atoms with Crippen LogP contribution in [0.25, 0.3) is 0 Å². The smallest absolute Gasteiger partial charge is 0.268 e. The van der Waals surface area contributed by atoms with E-state index < -0.39 is 0 Å². The van der Waals surface area contributed by atoms with Crippen LogP contribution in [0, 0.1) is 0 Å². The lowest BCUT2D eigenvalue weighted by Crippen LogP contribution is -2.08. The Balaban J connectivity index is 2.34. The van der Waals surface area contributed by atoms with E-state index in [1.165, 1.54) is 6.33 Å². The van der Waals surface area contributed by atoms with E-state index in [0.29, 0.717) is 10.8 Å². The number of hydrogen-bond donors (Lipinski definition) is 1. The molecule has 4 nitrogen and oxygen atoms in total. The molecule has 1 N–H and O–H groups in total. The molecule has 1 heterocycles. The van der Waals surface area contributed by atoms with Gasteiger partial charge in [-0.15, -0.1) is 0 Å². The van der Waals surface area contributed by atoms with E-state index >= 15 is 0 Å². The molecule has 0 saturated heterocycles. The van der Waals surface area contributed by atoms with Crippen molar-refractivity contribution in [3.63, 3.8) is 0 Å². The minimum absolute atomic E-state index is 0.225. The van der Waals surface area contributed by atoms with Crippen molar-refractivity contribution < 1.29 is 4.74 Å². The van der Waals surface area contributed by atoms with Gasteiger partial charge in [-0.25, -0.2) is 4.98 Å².